The molecule has 2 rings (SSSR count). The normalized spacial score (nSPS) is 10.7. The number of ether oxygens (including phenoxy) is 1. The Kier molecular flexibility index (Phi) is 4.69. The summed E-state index contributed by atoms with van der Waals surface area (Å²) in [6.07, 6.45) is 3.60. The van der Waals surface area contributed by atoms with Gasteiger partial charge in [0.25, 0.3) is 0 Å². The number of halogens is 2. The standard InChI is InChI=1S/C13H14Cl2N2O2/c1-2-17-4-3-16-12(17)8-19-13-9(7-18)5-10(14)6-11(13)15/h3-6,18H,2,7-8H2,1H3. The predicted octanol–water partition coefficient (Wildman–Crippen LogP) is 3.28. The van der Waals surface area contributed by atoms with Crippen LogP contribution in [-0.4, -0.2) is 14.7 Å². The molecule has 0 atom stereocenters. The minimum Gasteiger partial charge on any atom is -0.484 e. The minimum absolute atomic E-state index is 0.183. The first-order chi connectivity index (χ1) is 9.15. The first-order valence-corrected chi connectivity index (χ1v) is 6.63. The number of rotatable bonds is 5. The van der Waals surface area contributed by atoms with Crippen LogP contribution in [0.15, 0.2) is 24.5 Å². The molecule has 1 aromatic heterocycles. The van der Waals surface area contributed by atoms with Crippen molar-refractivity contribution in [1.29, 1.82) is 0 Å². The molecular weight excluding hydrogens is 287 g/mol. The Morgan fingerprint density at radius 2 is 2.16 bits per heavy atom. The maximum Gasteiger partial charge on any atom is 0.146 e. The smallest absolute Gasteiger partial charge is 0.146 e. The van der Waals surface area contributed by atoms with E-state index in [-0.39, 0.29) is 13.2 Å². The average Bonchev–Trinajstić information content (AvgIpc) is 2.84. The molecule has 0 aliphatic carbocycles. The molecule has 0 bridgehead atoms. The minimum atomic E-state index is -0.183. The van der Waals surface area contributed by atoms with Crippen molar-refractivity contribution in [2.75, 3.05) is 0 Å². The van der Waals surface area contributed by atoms with Gasteiger partial charge in [0, 0.05) is 29.5 Å². The van der Waals surface area contributed by atoms with E-state index in [1.54, 1.807) is 18.3 Å². The zero-order valence-corrected chi connectivity index (χ0v) is 11.9. The van der Waals surface area contributed by atoms with Crippen LogP contribution in [0.1, 0.15) is 18.3 Å². The number of aromatic nitrogens is 2. The lowest BCUT2D eigenvalue weighted by atomic mass is 10.2. The number of hydrogen-bond donors (Lipinski definition) is 1. The molecule has 1 N–H and O–H groups in total. The third-order valence-electron chi connectivity index (χ3n) is 2.74. The Labute approximate surface area is 121 Å². The van der Waals surface area contributed by atoms with Crippen molar-refractivity contribution in [3.05, 3.63) is 46.0 Å². The third-order valence-corrected chi connectivity index (χ3v) is 3.24. The van der Waals surface area contributed by atoms with Gasteiger partial charge in [-0.15, -0.1) is 0 Å². The number of imidazole rings is 1. The Bertz CT molecular complexity index is 570. The molecule has 2 aromatic rings. The van der Waals surface area contributed by atoms with Crippen molar-refractivity contribution >= 4 is 23.2 Å². The van der Waals surface area contributed by atoms with Gasteiger partial charge in [-0.2, -0.15) is 0 Å². The van der Waals surface area contributed by atoms with Gasteiger partial charge in [0.2, 0.25) is 0 Å². The maximum absolute atomic E-state index is 9.31. The molecule has 0 radical (unpaired) electrons. The SMILES string of the molecule is CCn1ccnc1COc1c(Cl)cc(Cl)cc1CO. The zero-order chi connectivity index (χ0) is 13.8. The Morgan fingerprint density at radius 1 is 1.37 bits per heavy atom. The molecule has 0 saturated carbocycles. The fourth-order valence-electron chi connectivity index (χ4n) is 1.80. The fourth-order valence-corrected chi connectivity index (χ4v) is 2.39. The molecule has 1 heterocycles. The van der Waals surface area contributed by atoms with Crippen molar-refractivity contribution in [1.82, 2.24) is 9.55 Å². The van der Waals surface area contributed by atoms with Crippen molar-refractivity contribution in [2.45, 2.75) is 26.7 Å². The van der Waals surface area contributed by atoms with Crippen LogP contribution in [0.2, 0.25) is 10.0 Å². The van der Waals surface area contributed by atoms with Crippen LogP contribution in [0.3, 0.4) is 0 Å². The van der Waals surface area contributed by atoms with Gasteiger partial charge in [0.15, 0.2) is 0 Å². The van der Waals surface area contributed by atoms with Gasteiger partial charge in [-0.25, -0.2) is 4.98 Å². The van der Waals surface area contributed by atoms with Gasteiger partial charge < -0.3 is 14.4 Å². The topological polar surface area (TPSA) is 47.3 Å². The number of benzene rings is 1. The summed E-state index contributed by atoms with van der Waals surface area (Å²) < 4.78 is 7.64. The van der Waals surface area contributed by atoms with Gasteiger partial charge in [0.05, 0.1) is 11.6 Å². The molecule has 0 fully saturated rings. The lowest BCUT2D eigenvalue weighted by Gasteiger charge is -2.13. The number of aryl methyl sites for hydroxylation is 1. The van der Waals surface area contributed by atoms with Gasteiger partial charge in [-0.05, 0) is 19.1 Å². The molecule has 1 aromatic carbocycles. The van der Waals surface area contributed by atoms with Crippen LogP contribution in [0, 0.1) is 0 Å². The zero-order valence-electron chi connectivity index (χ0n) is 10.4. The van der Waals surface area contributed by atoms with Crippen LogP contribution < -0.4 is 4.74 Å². The summed E-state index contributed by atoms with van der Waals surface area (Å²) in [4.78, 5) is 4.21. The molecule has 6 heteroatoms. The highest BCUT2D eigenvalue weighted by atomic mass is 35.5. The predicted molar refractivity (Wildman–Crippen MR) is 74.6 cm³/mol. The van der Waals surface area contributed by atoms with Crippen molar-refractivity contribution in [3.63, 3.8) is 0 Å². The van der Waals surface area contributed by atoms with E-state index in [0.717, 1.165) is 12.4 Å². The van der Waals surface area contributed by atoms with Gasteiger partial charge in [0.1, 0.15) is 18.2 Å². The Hall–Kier alpha value is -1.23. The summed E-state index contributed by atoms with van der Waals surface area (Å²) in [7, 11) is 0. The van der Waals surface area contributed by atoms with Crippen molar-refractivity contribution in [3.8, 4) is 5.75 Å². The molecule has 102 valence electrons. The molecule has 0 aliphatic heterocycles. The maximum atomic E-state index is 9.31. The van der Waals surface area contributed by atoms with E-state index in [0.29, 0.717) is 21.4 Å². The first kappa shape index (κ1) is 14.2. The molecule has 0 saturated heterocycles. The van der Waals surface area contributed by atoms with E-state index in [9.17, 15) is 5.11 Å². The van der Waals surface area contributed by atoms with Crippen LogP contribution in [0.5, 0.6) is 5.75 Å². The van der Waals surface area contributed by atoms with E-state index < -0.39 is 0 Å². The first-order valence-electron chi connectivity index (χ1n) is 5.87. The van der Waals surface area contributed by atoms with E-state index in [2.05, 4.69) is 4.98 Å². The van der Waals surface area contributed by atoms with Crippen LogP contribution >= 0.6 is 23.2 Å². The molecule has 0 spiro atoms. The number of aliphatic hydroxyl groups is 1. The van der Waals surface area contributed by atoms with Gasteiger partial charge in [-0.3, -0.25) is 0 Å². The fraction of sp³-hybridized carbons (Fsp3) is 0.308. The summed E-state index contributed by atoms with van der Waals surface area (Å²) in [6.45, 7) is 2.95. The molecule has 4 nitrogen and oxygen atoms in total. The summed E-state index contributed by atoms with van der Waals surface area (Å²) in [5.41, 5.74) is 0.562. The molecule has 0 unspecified atom stereocenters. The summed E-state index contributed by atoms with van der Waals surface area (Å²) in [5, 5.41) is 10.2. The second-order valence-electron chi connectivity index (χ2n) is 3.95. The molecule has 0 amide bonds. The second kappa shape index (κ2) is 6.28. The van der Waals surface area contributed by atoms with Crippen molar-refractivity contribution < 1.29 is 9.84 Å². The molecular formula is C13H14Cl2N2O2. The lowest BCUT2D eigenvalue weighted by molar-refractivity contribution is 0.254. The van der Waals surface area contributed by atoms with Gasteiger partial charge >= 0.3 is 0 Å². The Morgan fingerprint density at radius 3 is 2.84 bits per heavy atom. The summed E-state index contributed by atoms with van der Waals surface area (Å²) >= 11 is 12.0. The highest BCUT2D eigenvalue weighted by Gasteiger charge is 2.11. The number of nitrogens with zero attached hydrogens (tertiary/aromatic N) is 2. The number of hydrogen-bond acceptors (Lipinski definition) is 3. The molecule has 0 aliphatic rings. The average molecular weight is 301 g/mol. The van der Waals surface area contributed by atoms with Crippen molar-refractivity contribution in [2.24, 2.45) is 0 Å². The second-order valence-corrected chi connectivity index (χ2v) is 4.80. The summed E-state index contributed by atoms with van der Waals surface area (Å²) in [5.74, 6) is 1.25. The van der Waals surface area contributed by atoms with Gasteiger partial charge in [-0.1, -0.05) is 23.2 Å². The lowest BCUT2D eigenvalue weighted by Crippen LogP contribution is -2.06. The van der Waals surface area contributed by atoms with E-state index in [1.807, 2.05) is 17.7 Å². The highest BCUT2D eigenvalue weighted by molar-refractivity contribution is 6.35. The third kappa shape index (κ3) is 3.21. The largest absolute Gasteiger partial charge is 0.484 e. The number of aliphatic hydroxyl groups excluding tert-OH is 1. The van der Waals surface area contributed by atoms with Crippen LogP contribution in [0.25, 0.3) is 0 Å². The van der Waals surface area contributed by atoms with E-state index >= 15 is 0 Å². The van der Waals surface area contributed by atoms with Crippen LogP contribution in [0.4, 0.5) is 0 Å². The molecule has 19 heavy (non-hydrogen) atoms. The quantitative estimate of drug-likeness (QED) is 0.922. The van der Waals surface area contributed by atoms with Crippen LogP contribution in [-0.2, 0) is 19.8 Å². The monoisotopic (exact) mass is 300 g/mol. The Balaban J connectivity index is 2.20. The van der Waals surface area contributed by atoms with E-state index in [4.69, 9.17) is 27.9 Å². The highest BCUT2D eigenvalue weighted by Crippen LogP contribution is 2.33. The van der Waals surface area contributed by atoms with E-state index in [1.165, 1.54) is 0 Å². The summed E-state index contributed by atoms with van der Waals surface area (Å²) in [6, 6.07) is 3.22.